The van der Waals surface area contributed by atoms with E-state index in [0.29, 0.717) is 0 Å². The maximum Gasteiger partial charge on any atom is 0.203 e. The quantitative estimate of drug-likeness (QED) is 0.855. The molecular formula is C15H20ClN3. The lowest BCUT2D eigenvalue weighted by atomic mass is 10.2. The molecule has 102 valence electrons. The summed E-state index contributed by atoms with van der Waals surface area (Å²) >= 11 is 5.88. The number of aromatic nitrogens is 2. The topological polar surface area (TPSA) is 29.9 Å². The molecule has 0 spiro atoms. The second-order valence-corrected chi connectivity index (χ2v) is 5.17. The number of rotatable bonds is 6. The first-order chi connectivity index (χ1) is 9.19. The number of halogens is 1. The van der Waals surface area contributed by atoms with Crippen LogP contribution >= 0.6 is 11.6 Å². The van der Waals surface area contributed by atoms with Gasteiger partial charge in [-0.25, -0.2) is 4.98 Å². The molecule has 2 rings (SSSR count). The van der Waals surface area contributed by atoms with Gasteiger partial charge in [0.05, 0.1) is 5.69 Å². The molecule has 1 aromatic heterocycles. The third-order valence-electron chi connectivity index (χ3n) is 3.01. The summed E-state index contributed by atoms with van der Waals surface area (Å²) in [5.74, 6) is 0.945. The van der Waals surface area contributed by atoms with Gasteiger partial charge in [-0.3, -0.25) is 0 Å². The van der Waals surface area contributed by atoms with Crippen molar-refractivity contribution in [3.8, 4) is 0 Å². The number of aryl methyl sites for hydroxylation is 2. The number of unbranched alkanes of at least 4 members (excludes halogenated alkanes) is 1. The standard InChI is InChI=1S/C15H20ClN3/c1-3-4-9-19-11-12(2)18-15(19)17-10-13-5-7-14(16)8-6-13/h5-8,11H,3-4,9-10H2,1-2H3,(H,17,18). The van der Waals surface area contributed by atoms with Crippen LogP contribution < -0.4 is 5.32 Å². The molecule has 4 heteroatoms. The SMILES string of the molecule is CCCCn1cc(C)nc1NCc1ccc(Cl)cc1. The van der Waals surface area contributed by atoms with Crippen LogP contribution in [-0.4, -0.2) is 9.55 Å². The number of nitrogens with one attached hydrogen (secondary N) is 1. The van der Waals surface area contributed by atoms with Crippen molar-refractivity contribution in [3.05, 3.63) is 46.7 Å². The monoisotopic (exact) mass is 277 g/mol. The van der Waals surface area contributed by atoms with Crippen LogP contribution in [0.3, 0.4) is 0 Å². The summed E-state index contributed by atoms with van der Waals surface area (Å²) in [6.07, 6.45) is 4.46. The maximum atomic E-state index is 5.88. The molecule has 2 aromatic rings. The van der Waals surface area contributed by atoms with Gasteiger partial charge in [0, 0.05) is 24.3 Å². The van der Waals surface area contributed by atoms with Crippen molar-refractivity contribution in [3.63, 3.8) is 0 Å². The van der Waals surface area contributed by atoms with Gasteiger partial charge in [0.2, 0.25) is 5.95 Å². The molecular weight excluding hydrogens is 258 g/mol. The van der Waals surface area contributed by atoms with Gasteiger partial charge in [0.1, 0.15) is 0 Å². The molecule has 1 heterocycles. The predicted molar refractivity (Wildman–Crippen MR) is 80.7 cm³/mol. The molecule has 0 radical (unpaired) electrons. The summed E-state index contributed by atoms with van der Waals surface area (Å²) in [5, 5.41) is 4.16. The number of hydrogen-bond donors (Lipinski definition) is 1. The minimum atomic E-state index is 0.764. The molecule has 0 amide bonds. The summed E-state index contributed by atoms with van der Waals surface area (Å²) in [4.78, 5) is 4.52. The van der Waals surface area contributed by atoms with Crippen LogP contribution in [0, 0.1) is 6.92 Å². The van der Waals surface area contributed by atoms with E-state index in [1.165, 1.54) is 18.4 Å². The highest BCUT2D eigenvalue weighted by atomic mass is 35.5. The molecule has 1 aromatic carbocycles. The summed E-state index contributed by atoms with van der Waals surface area (Å²) in [5.41, 5.74) is 2.25. The average molecular weight is 278 g/mol. The number of imidazole rings is 1. The first kappa shape index (κ1) is 13.9. The maximum absolute atomic E-state index is 5.88. The van der Waals surface area contributed by atoms with Crippen LogP contribution in [0.15, 0.2) is 30.5 Å². The predicted octanol–water partition coefficient (Wildman–Crippen LogP) is 4.26. The van der Waals surface area contributed by atoms with E-state index in [1.54, 1.807) is 0 Å². The highest BCUT2D eigenvalue weighted by molar-refractivity contribution is 6.30. The minimum absolute atomic E-state index is 0.764. The zero-order chi connectivity index (χ0) is 13.7. The number of benzene rings is 1. The van der Waals surface area contributed by atoms with E-state index in [9.17, 15) is 0 Å². The Morgan fingerprint density at radius 1 is 1.26 bits per heavy atom. The Bertz CT molecular complexity index is 517. The Morgan fingerprint density at radius 2 is 2.00 bits per heavy atom. The smallest absolute Gasteiger partial charge is 0.203 e. The van der Waals surface area contributed by atoms with E-state index in [0.717, 1.165) is 29.8 Å². The molecule has 0 saturated heterocycles. The fraction of sp³-hybridized carbons (Fsp3) is 0.400. The van der Waals surface area contributed by atoms with Gasteiger partial charge < -0.3 is 9.88 Å². The Labute approximate surface area is 119 Å². The van der Waals surface area contributed by atoms with Crippen molar-refractivity contribution in [1.29, 1.82) is 0 Å². The third kappa shape index (κ3) is 4.00. The second kappa shape index (κ2) is 6.62. The van der Waals surface area contributed by atoms with Gasteiger partial charge >= 0.3 is 0 Å². The molecule has 0 saturated carbocycles. The van der Waals surface area contributed by atoms with Crippen molar-refractivity contribution >= 4 is 17.5 Å². The van der Waals surface area contributed by atoms with Crippen LogP contribution in [0.4, 0.5) is 5.95 Å². The molecule has 0 fully saturated rings. The van der Waals surface area contributed by atoms with Crippen LogP contribution in [0.5, 0.6) is 0 Å². The zero-order valence-electron chi connectivity index (χ0n) is 11.5. The van der Waals surface area contributed by atoms with Crippen molar-refractivity contribution in [1.82, 2.24) is 9.55 Å². The highest BCUT2D eigenvalue weighted by Crippen LogP contribution is 2.13. The Morgan fingerprint density at radius 3 is 2.68 bits per heavy atom. The van der Waals surface area contributed by atoms with E-state index in [-0.39, 0.29) is 0 Å². The minimum Gasteiger partial charge on any atom is -0.352 e. The largest absolute Gasteiger partial charge is 0.352 e. The van der Waals surface area contributed by atoms with Gasteiger partial charge in [-0.15, -0.1) is 0 Å². The van der Waals surface area contributed by atoms with Crippen LogP contribution in [-0.2, 0) is 13.1 Å². The van der Waals surface area contributed by atoms with E-state index in [2.05, 4.69) is 28.0 Å². The molecule has 0 bridgehead atoms. The highest BCUT2D eigenvalue weighted by Gasteiger charge is 2.04. The van der Waals surface area contributed by atoms with Crippen molar-refractivity contribution < 1.29 is 0 Å². The Kier molecular flexibility index (Phi) is 4.86. The Hall–Kier alpha value is -1.48. The number of anilines is 1. The second-order valence-electron chi connectivity index (χ2n) is 4.73. The lowest BCUT2D eigenvalue weighted by molar-refractivity contribution is 0.634. The molecule has 0 atom stereocenters. The molecule has 0 aliphatic carbocycles. The summed E-state index contributed by atoms with van der Waals surface area (Å²) in [7, 11) is 0. The fourth-order valence-electron chi connectivity index (χ4n) is 1.97. The van der Waals surface area contributed by atoms with Crippen LogP contribution in [0.25, 0.3) is 0 Å². The van der Waals surface area contributed by atoms with Gasteiger partial charge in [-0.2, -0.15) is 0 Å². The normalized spacial score (nSPS) is 10.7. The van der Waals surface area contributed by atoms with Gasteiger partial charge in [0.15, 0.2) is 0 Å². The Balaban J connectivity index is 2.00. The lowest BCUT2D eigenvalue weighted by Crippen LogP contribution is -2.07. The van der Waals surface area contributed by atoms with E-state index >= 15 is 0 Å². The molecule has 0 aliphatic rings. The van der Waals surface area contributed by atoms with Crippen LogP contribution in [0.2, 0.25) is 5.02 Å². The molecule has 1 N–H and O–H groups in total. The number of hydrogen-bond acceptors (Lipinski definition) is 2. The first-order valence-corrected chi connectivity index (χ1v) is 7.09. The van der Waals surface area contributed by atoms with E-state index in [4.69, 9.17) is 11.6 Å². The van der Waals surface area contributed by atoms with Gasteiger partial charge in [0.25, 0.3) is 0 Å². The molecule has 0 aliphatic heterocycles. The van der Waals surface area contributed by atoms with Gasteiger partial charge in [-0.05, 0) is 31.0 Å². The third-order valence-corrected chi connectivity index (χ3v) is 3.27. The van der Waals surface area contributed by atoms with E-state index in [1.807, 2.05) is 31.2 Å². The van der Waals surface area contributed by atoms with Crippen LogP contribution in [0.1, 0.15) is 31.0 Å². The molecule has 3 nitrogen and oxygen atoms in total. The van der Waals surface area contributed by atoms with E-state index < -0.39 is 0 Å². The van der Waals surface area contributed by atoms with Crippen molar-refractivity contribution in [2.45, 2.75) is 39.8 Å². The van der Waals surface area contributed by atoms with Crippen molar-refractivity contribution in [2.75, 3.05) is 5.32 Å². The summed E-state index contributed by atoms with van der Waals surface area (Å²) < 4.78 is 2.19. The average Bonchev–Trinajstić information content (AvgIpc) is 2.76. The van der Waals surface area contributed by atoms with Gasteiger partial charge in [-0.1, -0.05) is 37.1 Å². The number of nitrogens with zero attached hydrogens (tertiary/aromatic N) is 2. The molecule has 0 unspecified atom stereocenters. The lowest BCUT2D eigenvalue weighted by Gasteiger charge is -2.09. The van der Waals surface area contributed by atoms with Crippen molar-refractivity contribution in [2.24, 2.45) is 0 Å². The first-order valence-electron chi connectivity index (χ1n) is 6.71. The summed E-state index contributed by atoms with van der Waals surface area (Å²) in [6.45, 7) is 6.00. The zero-order valence-corrected chi connectivity index (χ0v) is 12.2. The summed E-state index contributed by atoms with van der Waals surface area (Å²) in [6, 6.07) is 7.88. The fourth-order valence-corrected chi connectivity index (χ4v) is 2.10. The molecule has 19 heavy (non-hydrogen) atoms.